The SMILES string of the molecule is Cc1cc(N2CCC(NC(=O)C3(c4ncn[nH]4)CCOCC3)C2)n(C)n1. The van der Waals surface area contributed by atoms with Crippen LogP contribution >= 0.6 is 0 Å². The van der Waals surface area contributed by atoms with Crippen LogP contribution in [0.4, 0.5) is 5.82 Å². The van der Waals surface area contributed by atoms with Crippen LogP contribution in [0.3, 0.4) is 0 Å². The molecule has 0 radical (unpaired) electrons. The fourth-order valence-electron chi connectivity index (χ4n) is 4.03. The summed E-state index contributed by atoms with van der Waals surface area (Å²) in [7, 11) is 1.95. The van der Waals surface area contributed by atoms with Gasteiger partial charge in [0, 0.05) is 45.5 Å². The van der Waals surface area contributed by atoms with Gasteiger partial charge in [-0.05, 0) is 26.2 Å². The molecule has 1 amide bonds. The summed E-state index contributed by atoms with van der Waals surface area (Å²) in [6.45, 7) is 4.79. The van der Waals surface area contributed by atoms with Crippen LogP contribution in [0.25, 0.3) is 0 Å². The van der Waals surface area contributed by atoms with Crippen molar-refractivity contribution in [2.24, 2.45) is 7.05 Å². The Hall–Kier alpha value is -2.42. The number of amides is 1. The van der Waals surface area contributed by atoms with Gasteiger partial charge in [-0.15, -0.1) is 0 Å². The molecule has 0 saturated carbocycles. The number of aromatic amines is 1. The number of rotatable bonds is 4. The zero-order chi connectivity index (χ0) is 18.1. The highest BCUT2D eigenvalue weighted by atomic mass is 16.5. The minimum atomic E-state index is -0.675. The van der Waals surface area contributed by atoms with Crippen LogP contribution in [-0.4, -0.2) is 63.2 Å². The van der Waals surface area contributed by atoms with Crippen LogP contribution in [0.2, 0.25) is 0 Å². The Bertz CT molecular complexity index is 764. The molecule has 9 nitrogen and oxygen atoms in total. The molecule has 4 rings (SSSR count). The molecule has 9 heteroatoms. The van der Waals surface area contributed by atoms with E-state index in [1.807, 2.05) is 18.7 Å². The molecule has 2 fully saturated rings. The predicted molar refractivity (Wildman–Crippen MR) is 94.8 cm³/mol. The van der Waals surface area contributed by atoms with Gasteiger partial charge in [0.25, 0.3) is 0 Å². The van der Waals surface area contributed by atoms with Gasteiger partial charge in [0.15, 0.2) is 0 Å². The molecule has 4 heterocycles. The van der Waals surface area contributed by atoms with Crippen molar-refractivity contribution in [3.8, 4) is 0 Å². The van der Waals surface area contributed by atoms with Gasteiger partial charge in [0.05, 0.1) is 5.69 Å². The smallest absolute Gasteiger partial charge is 0.234 e. The fourth-order valence-corrected chi connectivity index (χ4v) is 4.03. The molecule has 2 aromatic heterocycles. The first-order valence-corrected chi connectivity index (χ1v) is 9.09. The van der Waals surface area contributed by atoms with Crippen molar-refractivity contribution in [2.75, 3.05) is 31.2 Å². The largest absolute Gasteiger partial charge is 0.381 e. The monoisotopic (exact) mass is 359 g/mol. The molecule has 0 bridgehead atoms. The van der Waals surface area contributed by atoms with E-state index in [0.29, 0.717) is 31.9 Å². The van der Waals surface area contributed by atoms with Gasteiger partial charge in [-0.25, -0.2) is 4.98 Å². The first kappa shape index (κ1) is 17.0. The maximum atomic E-state index is 13.2. The van der Waals surface area contributed by atoms with Gasteiger partial charge in [-0.2, -0.15) is 10.2 Å². The number of carbonyl (C=O) groups excluding carboxylic acids is 1. The lowest BCUT2D eigenvalue weighted by molar-refractivity contribution is -0.131. The second-order valence-corrected chi connectivity index (χ2v) is 7.20. The number of aryl methyl sites for hydroxylation is 2. The number of hydrogen-bond acceptors (Lipinski definition) is 6. The van der Waals surface area contributed by atoms with Crippen LogP contribution in [0.15, 0.2) is 12.4 Å². The number of nitrogens with one attached hydrogen (secondary N) is 2. The van der Waals surface area contributed by atoms with Gasteiger partial charge in [-0.1, -0.05) is 0 Å². The van der Waals surface area contributed by atoms with Gasteiger partial charge in [-0.3, -0.25) is 14.6 Å². The van der Waals surface area contributed by atoms with E-state index in [9.17, 15) is 4.79 Å². The maximum absolute atomic E-state index is 13.2. The average Bonchev–Trinajstić information content (AvgIpc) is 3.37. The normalized spacial score (nSPS) is 22.5. The van der Waals surface area contributed by atoms with Gasteiger partial charge >= 0.3 is 0 Å². The summed E-state index contributed by atoms with van der Waals surface area (Å²) in [6, 6.07) is 2.19. The number of anilines is 1. The number of aromatic nitrogens is 5. The Morgan fingerprint density at radius 3 is 2.88 bits per heavy atom. The molecule has 2 aliphatic rings. The lowest BCUT2D eigenvalue weighted by Crippen LogP contribution is -2.52. The molecule has 0 spiro atoms. The Kier molecular flexibility index (Phi) is 4.39. The van der Waals surface area contributed by atoms with E-state index in [4.69, 9.17) is 4.74 Å². The topological polar surface area (TPSA) is 101 Å². The number of nitrogens with zero attached hydrogens (tertiary/aromatic N) is 5. The van der Waals surface area contributed by atoms with Crippen molar-refractivity contribution in [1.29, 1.82) is 0 Å². The van der Waals surface area contributed by atoms with Gasteiger partial charge in [0.1, 0.15) is 23.4 Å². The lowest BCUT2D eigenvalue weighted by atomic mass is 9.78. The highest BCUT2D eigenvalue weighted by Crippen LogP contribution is 2.33. The van der Waals surface area contributed by atoms with Crippen LogP contribution in [0, 0.1) is 6.92 Å². The van der Waals surface area contributed by atoms with E-state index in [2.05, 4.69) is 36.6 Å². The molecule has 2 aromatic rings. The molecule has 0 aromatic carbocycles. The highest BCUT2D eigenvalue weighted by Gasteiger charge is 2.45. The lowest BCUT2D eigenvalue weighted by Gasteiger charge is -2.34. The van der Waals surface area contributed by atoms with Crippen molar-refractivity contribution in [1.82, 2.24) is 30.3 Å². The Morgan fingerprint density at radius 1 is 1.42 bits per heavy atom. The van der Waals surface area contributed by atoms with Crippen molar-refractivity contribution in [2.45, 2.75) is 37.6 Å². The van der Waals surface area contributed by atoms with Crippen molar-refractivity contribution >= 4 is 11.7 Å². The Labute approximate surface area is 152 Å². The molecule has 2 N–H and O–H groups in total. The van der Waals surface area contributed by atoms with E-state index in [0.717, 1.165) is 31.0 Å². The fraction of sp³-hybridized carbons (Fsp3) is 0.647. The molecule has 0 aliphatic carbocycles. The molecule has 1 atom stereocenters. The second kappa shape index (κ2) is 6.71. The first-order chi connectivity index (χ1) is 12.6. The standard InChI is InChI=1S/C17H25N7O2/c1-12-9-14(23(2)22-12)24-6-3-13(10-24)20-16(25)17(4-7-26-8-5-17)15-18-11-19-21-15/h9,11,13H,3-8,10H2,1-2H3,(H,20,25)(H,18,19,21). The summed E-state index contributed by atoms with van der Waals surface area (Å²) in [5.74, 6) is 1.75. The number of carbonyl (C=O) groups is 1. The first-order valence-electron chi connectivity index (χ1n) is 9.09. The van der Waals surface area contributed by atoms with Crippen molar-refractivity contribution < 1.29 is 9.53 Å². The Balaban J connectivity index is 1.46. The van der Waals surface area contributed by atoms with E-state index in [1.165, 1.54) is 6.33 Å². The Morgan fingerprint density at radius 2 is 2.23 bits per heavy atom. The van der Waals surface area contributed by atoms with E-state index >= 15 is 0 Å². The van der Waals surface area contributed by atoms with E-state index in [-0.39, 0.29) is 11.9 Å². The summed E-state index contributed by atoms with van der Waals surface area (Å²) in [5.41, 5.74) is 0.326. The van der Waals surface area contributed by atoms with E-state index in [1.54, 1.807) is 0 Å². The molecule has 1 unspecified atom stereocenters. The summed E-state index contributed by atoms with van der Waals surface area (Å²) < 4.78 is 7.37. The molecule has 2 saturated heterocycles. The molecular formula is C17H25N7O2. The summed E-state index contributed by atoms with van der Waals surface area (Å²) >= 11 is 0. The zero-order valence-corrected chi connectivity index (χ0v) is 15.2. The molecule has 140 valence electrons. The summed E-state index contributed by atoms with van der Waals surface area (Å²) in [6.07, 6.45) is 3.61. The third-order valence-electron chi connectivity index (χ3n) is 5.47. The summed E-state index contributed by atoms with van der Waals surface area (Å²) in [5, 5.41) is 14.5. The minimum Gasteiger partial charge on any atom is -0.381 e. The van der Waals surface area contributed by atoms with E-state index < -0.39 is 5.41 Å². The average molecular weight is 359 g/mol. The van der Waals surface area contributed by atoms with Crippen LogP contribution in [-0.2, 0) is 22.0 Å². The molecular weight excluding hydrogens is 334 g/mol. The predicted octanol–water partition coefficient (Wildman–Crippen LogP) is 0.290. The summed E-state index contributed by atoms with van der Waals surface area (Å²) in [4.78, 5) is 19.8. The number of H-pyrrole nitrogens is 1. The molecule has 26 heavy (non-hydrogen) atoms. The highest BCUT2D eigenvalue weighted by molar-refractivity contribution is 5.87. The number of hydrogen-bond donors (Lipinski definition) is 2. The second-order valence-electron chi connectivity index (χ2n) is 7.20. The quantitative estimate of drug-likeness (QED) is 0.814. The van der Waals surface area contributed by atoms with Crippen molar-refractivity contribution in [3.05, 3.63) is 23.9 Å². The third-order valence-corrected chi connectivity index (χ3v) is 5.47. The molecule has 2 aliphatic heterocycles. The third kappa shape index (κ3) is 2.96. The van der Waals surface area contributed by atoms with Crippen LogP contribution in [0.5, 0.6) is 0 Å². The van der Waals surface area contributed by atoms with Crippen molar-refractivity contribution in [3.63, 3.8) is 0 Å². The number of ether oxygens (including phenoxy) is 1. The van der Waals surface area contributed by atoms with Gasteiger partial charge < -0.3 is 15.0 Å². The van der Waals surface area contributed by atoms with Crippen LogP contribution in [0.1, 0.15) is 30.8 Å². The maximum Gasteiger partial charge on any atom is 0.234 e. The van der Waals surface area contributed by atoms with Crippen LogP contribution < -0.4 is 10.2 Å². The minimum absolute atomic E-state index is 0.0191. The van der Waals surface area contributed by atoms with Gasteiger partial charge in [0.2, 0.25) is 5.91 Å². The zero-order valence-electron chi connectivity index (χ0n) is 15.2.